The number of carbonyl (C=O) groups is 3. The minimum absolute atomic E-state index is 0.0152. The second-order valence-electron chi connectivity index (χ2n) is 6.31. The van der Waals surface area contributed by atoms with Crippen LogP contribution in [0.4, 0.5) is 5.69 Å². The van der Waals surface area contributed by atoms with Gasteiger partial charge in [-0.3, -0.25) is 14.4 Å². The maximum atomic E-state index is 12.2. The van der Waals surface area contributed by atoms with Crippen molar-refractivity contribution in [2.75, 3.05) is 23.4 Å². The van der Waals surface area contributed by atoms with Crippen LogP contribution in [0.3, 0.4) is 0 Å². The van der Waals surface area contributed by atoms with Crippen LogP contribution in [0.2, 0.25) is 0 Å². The molecule has 1 amide bonds. The Morgan fingerprint density at radius 3 is 2.44 bits per heavy atom. The lowest BCUT2D eigenvalue weighted by atomic mass is 10.0. The highest BCUT2D eigenvalue weighted by Gasteiger charge is 2.13. The molecule has 0 bridgehead atoms. The number of amides is 1. The number of anilines is 1. The summed E-state index contributed by atoms with van der Waals surface area (Å²) < 4.78 is 5.03. The molecule has 1 N–H and O–H groups in total. The summed E-state index contributed by atoms with van der Waals surface area (Å²) in [5.41, 5.74) is 4.17. The average Bonchev–Trinajstić information content (AvgIpc) is 2.61. The third kappa shape index (κ3) is 6.90. The summed E-state index contributed by atoms with van der Waals surface area (Å²) in [7, 11) is 0. The predicted octanol–water partition coefficient (Wildman–Crippen LogP) is 3.71. The largest absolute Gasteiger partial charge is 0.457 e. The van der Waals surface area contributed by atoms with Gasteiger partial charge in [-0.1, -0.05) is 29.8 Å². The normalized spacial score (nSPS) is 10.3. The van der Waals surface area contributed by atoms with E-state index in [0.717, 1.165) is 34.1 Å². The first-order valence-corrected chi connectivity index (χ1v) is 9.71. The van der Waals surface area contributed by atoms with E-state index in [4.69, 9.17) is 4.74 Å². The fraction of sp³-hybridized carbons (Fsp3) is 0.286. The van der Waals surface area contributed by atoms with Crippen molar-refractivity contribution in [3.8, 4) is 0 Å². The van der Waals surface area contributed by atoms with Crippen molar-refractivity contribution in [3.05, 3.63) is 64.7 Å². The quantitative estimate of drug-likeness (QED) is 0.554. The van der Waals surface area contributed by atoms with E-state index in [9.17, 15) is 14.4 Å². The van der Waals surface area contributed by atoms with Gasteiger partial charge in [0, 0.05) is 11.3 Å². The highest BCUT2D eigenvalue weighted by atomic mass is 32.2. The Balaban J connectivity index is 1.70. The summed E-state index contributed by atoms with van der Waals surface area (Å²) in [6.07, 6.45) is 0. The number of Topliss-reactive ketones (excluding diaryl/α,β-unsaturated/α-hetero) is 1. The van der Waals surface area contributed by atoms with Crippen LogP contribution < -0.4 is 5.32 Å². The van der Waals surface area contributed by atoms with Gasteiger partial charge in [0.2, 0.25) is 11.7 Å². The molecule has 6 heteroatoms. The lowest BCUT2D eigenvalue weighted by Crippen LogP contribution is -2.18. The average molecular weight is 385 g/mol. The number of hydrogen-bond acceptors (Lipinski definition) is 5. The molecule has 2 rings (SSSR count). The minimum Gasteiger partial charge on any atom is -0.457 e. The Kier molecular flexibility index (Phi) is 7.61. The Bertz CT molecular complexity index is 848. The molecule has 0 atom stereocenters. The molecule has 0 fully saturated rings. The lowest BCUT2D eigenvalue weighted by molar-refractivity contribution is -0.139. The van der Waals surface area contributed by atoms with Gasteiger partial charge in [-0.05, 0) is 50.1 Å². The Labute approximate surface area is 163 Å². The third-order valence-electron chi connectivity index (χ3n) is 3.81. The summed E-state index contributed by atoms with van der Waals surface area (Å²) in [6.45, 7) is 5.40. The van der Waals surface area contributed by atoms with Gasteiger partial charge in [-0.25, -0.2) is 0 Å². The van der Waals surface area contributed by atoms with Crippen molar-refractivity contribution in [2.45, 2.75) is 20.8 Å². The van der Waals surface area contributed by atoms with Crippen LogP contribution in [0, 0.1) is 20.8 Å². The van der Waals surface area contributed by atoms with Crippen molar-refractivity contribution in [2.24, 2.45) is 0 Å². The molecule has 0 aliphatic carbocycles. The van der Waals surface area contributed by atoms with Crippen molar-refractivity contribution in [1.82, 2.24) is 0 Å². The Morgan fingerprint density at radius 1 is 0.963 bits per heavy atom. The first kappa shape index (κ1) is 20.7. The van der Waals surface area contributed by atoms with Gasteiger partial charge in [-0.2, -0.15) is 0 Å². The van der Waals surface area contributed by atoms with Crippen LogP contribution in [0.15, 0.2) is 42.5 Å². The Hall–Kier alpha value is -2.60. The molecule has 0 heterocycles. The summed E-state index contributed by atoms with van der Waals surface area (Å²) in [6, 6.07) is 13.1. The highest BCUT2D eigenvalue weighted by molar-refractivity contribution is 8.00. The van der Waals surface area contributed by atoms with Crippen molar-refractivity contribution < 1.29 is 19.1 Å². The monoisotopic (exact) mass is 385 g/mol. The maximum absolute atomic E-state index is 12.2. The first-order chi connectivity index (χ1) is 12.8. The second kappa shape index (κ2) is 9.92. The van der Waals surface area contributed by atoms with Crippen LogP contribution >= 0.6 is 11.8 Å². The number of rotatable bonds is 8. The number of carbonyl (C=O) groups excluding carboxylic acids is 3. The number of ether oxygens (including phenoxy) is 1. The first-order valence-electron chi connectivity index (χ1n) is 8.55. The van der Waals surface area contributed by atoms with Gasteiger partial charge < -0.3 is 10.1 Å². The van der Waals surface area contributed by atoms with Gasteiger partial charge in [0.25, 0.3) is 0 Å². The summed E-state index contributed by atoms with van der Waals surface area (Å²) >= 11 is 1.15. The van der Waals surface area contributed by atoms with E-state index in [1.807, 2.05) is 57.2 Å². The van der Waals surface area contributed by atoms with Crippen molar-refractivity contribution in [1.29, 1.82) is 0 Å². The second-order valence-corrected chi connectivity index (χ2v) is 7.30. The van der Waals surface area contributed by atoms with E-state index in [2.05, 4.69) is 5.32 Å². The molecule has 0 aromatic heterocycles. The molecule has 0 saturated heterocycles. The van der Waals surface area contributed by atoms with Crippen molar-refractivity contribution in [3.63, 3.8) is 0 Å². The van der Waals surface area contributed by atoms with Crippen LogP contribution in [0.1, 0.15) is 27.0 Å². The minimum atomic E-state index is -0.512. The molecular formula is C21H23NO4S. The molecule has 0 saturated carbocycles. The molecule has 5 nitrogen and oxygen atoms in total. The van der Waals surface area contributed by atoms with Crippen LogP contribution in [-0.2, 0) is 14.3 Å². The molecule has 0 unspecified atom stereocenters. The molecule has 27 heavy (non-hydrogen) atoms. The zero-order valence-electron chi connectivity index (χ0n) is 15.7. The molecule has 0 aliphatic rings. The topological polar surface area (TPSA) is 72.5 Å². The number of esters is 1. The molecule has 2 aromatic carbocycles. The van der Waals surface area contributed by atoms with E-state index in [1.54, 1.807) is 6.07 Å². The fourth-order valence-corrected chi connectivity index (χ4v) is 3.06. The van der Waals surface area contributed by atoms with Crippen LogP contribution in [0.25, 0.3) is 0 Å². The predicted molar refractivity (Wildman–Crippen MR) is 108 cm³/mol. The van der Waals surface area contributed by atoms with Crippen LogP contribution in [-0.4, -0.2) is 35.8 Å². The molecule has 0 radical (unpaired) electrons. The molecule has 0 spiro atoms. The smallest absolute Gasteiger partial charge is 0.316 e. The number of thioether (sulfide) groups is 1. The third-order valence-corrected chi connectivity index (χ3v) is 4.72. The van der Waals surface area contributed by atoms with E-state index < -0.39 is 5.97 Å². The number of hydrogen-bond donors (Lipinski definition) is 1. The van der Waals surface area contributed by atoms with Gasteiger partial charge in [-0.15, -0.1) is 11.8 Å². The zero-order chi connectivity index (χ0) is 19.8. The van der Waals surface area contributed by atoms with Gasteiger partial charge in [0.1, 0.15) is 0 Å². The van der Waals surface area contributed by atoms with E-state index in [1.165, 1.54) is 0 Å². The number of aryl methyl sites for hydroxylation is 3. The van der Waals surface area contributed by atoms with Crippen molar-refractivity contribution >= 4 is 35.1 Å². The molecular weight excluding hydrogens is 362 g/mol. The van der Waals surface area contributed by atoms with Gasteiger partial charge in [0.05, 0.1) is 11.5 Å². The number of benzene rings is 2. The maximum Gasteiger partial charge on any atom is 0.316 e. The SMILES string of the molecule is Cc1cccc(NC(=O)CSCC(=O)OCC(=O)c2cc(C)ccc2C)c1. The van der Waals surface area contributed by atoms with Gasteiger partial charge in [0.15, 0.2) is 6.61 Å². The zero-order valence-corrected chi connectivity index (χ0v) is 16.5. The summed E-state index contributed by atoms with van der Waals surface area (Å²) in [4.78, 5) is 35.9. The number of nitrogens with one attached hydrogen (secondary N) is 1. The fourth-order valence-electron chi connectivity index (χ4n) is 2.45. The Morgan fingerprint density at radius 2 is 1.70 bits per heavy atom. The summed E-state index contributed by atoms with van der Waals surface area (Å²) in [5.74, 6) is -0.784. The van der Waals surface area contributed by atoms with Crippen LogP contribution in [0.5, 0.6) is 0 Å². The molecule has 2 aromatic rings. The van der Waals surface area contributed by atoms with E-state index in [-0.39, 0.29) is 29.8 Å². The lowest BCUT2D eigenvalue weighted by Gasteiger charge is -2.08. The van der Waals surface area contributed by atoms with E-state index in [0.29, 0.717) is 5.56 Å². The standard InChI is InChI=1S/C21H23NO4S/c1-14-5-4-6-17(9-14)22-20(24)12-27-13-21(25)26-11-19(23)18-10-15(2)7-8-16(18)3/h4-10H,11-13H2,1-3H3,(H,22,24). The summed E-state index contributed by atoms with van der Waals surface area (Å²) in [5, 5.41) is 2.77. The molecule has 142 valence electrons. The van der Waals surface area contributed by atoms with E-state index >= 15 is 0 Å². The molecule has 0 aliphatic heterocycles. The highest BCUT2D eigenvalue weighted by Crippen LogP contribution is 2.13. The number of ketones is 1. The van der Waals surface area contributed by atoms with Gasteiger partial charge >= 0.3 is 5.97 Å².